The summed E-state index contributed by atoms with van der Waals surface area (Å²) in [5.41, 5.74) is -0.717. The van der Waals surface area contributed by atoms with Crippen molar-refractivity contribution in [2.45, 2.75) is 12.0 Å². The third-order valence-electron chi connectivity index (χ3n) is 3.48. The summed E-state index contributed by atoms with van der Waals surface area (Å²) in [7, 11) is 0. The predicted octanol–water partition coefficient (Wildman–Crippen LogP) is 2.30. The number of hydrogen-bond donors (Lipinski definition) is 2. The van der Waals surface area contributed by atoms with Crippen molar-refractivity contribution in [1.29, 1.82) is 0 Å². The highest BCUT2D eigenvalue weighted by Crippen LogP contribution is 2.40. The second kappa shape index (κ2) is 6.60. The summed E-state index contributed by atoms with van der Waals surface area (Å²) in [5.74, 6) is -5.76. The Bertz CT molecular complexity index is 509. The number of benzene rings is 1. The van der Waals surface area contributed by atoms with Crippen molar-refractivity contribution < 1.29 is 22.7 Å². The van der Waals surface area contributed by atoms with E-state index in [1.165, 1.54) is 4.90 Å². The minimum atomic E-state index is -3.65. The number of halogens is 5. The molecule has 0 amide bonds. The first-order valence-corrected chi connectivity index (χ1v) is 7.24. The van der Waals surface area contributed by atoms with Crippen molar-refractivity contribution in [3.05, 3.63) is 33.8 Å². The van der Waals surface area contributed by atoms with Gasteiger partial charge in [0.05, 0.1) is 4.47 Å². The van der Waals surface area contributed by atoms with Crippen LogP contribution in [0.4, 0.5) is 17.6 Å². The molecule has 1 fully saturated rings. The molecule has 0 aromatic heterocycles. The lowest BCUT2D eigenvalue weighted by Crippen LogP contribution is -2.51. The average molecular weight is 371 g/mol. The molecule has 1 saturated heterocycles. The highest BCUT2D eigenvalue weighted by Gasteiger charge is 2.46. The maximum Gasteiger partial charge on any atom is 0.290 e. The summed E-state index contributed by atoms with van der Waals surface area (Å²) in [6.45, 7) is -0.172. The first kappa shape index (κ1) is 16.7. The molecule has 0 saturated carbocycles. The first-order valence-electron chi connectivity index (χ1n) is 6.45. The lowest BCUT2D eigenvalue weighted by atomic mass is 9.97. The zero-order valence-corrected chi connectivity index (χ0v) is 12.6. The van der Waals surface area contributed by atoms with E-state index in [9.17, 15) is 17.6 Å². The lowest BCUT2D eigenvalue weighted by Gasteiger charge is -2.39. The van der Waals surface area contributed by atoms with E-state index in [4.69, 9.17) is 5.11 Å². The number of rotatable bonds is 4. The number of aliphatic hydroxyl groups excluding tert-OH is 1. The van der Waals surface area contributed by atoms with Gasteiger partial charge >= 0.3 is 0 Å². The van der Waals surface area contributed by atoms with Crippen LogP contribution in [0.3, 0.4) is 0 Å². The highest BCUT2D eigenvalue weighted by molar-refractivity contribution is 9.10. The van der Waals surface area contributed by atoms with E-state index < -0.39 is 35.8 Å². The van der Waals surface area contributed by atoms with Crippen LogP contribution in [-0.4, -0.2) is 48.7 Å². The maximum atomic E-state index is 14.2. The van der Waals surface area contributed by atoms with Gasteiger partial charge < -0.3 is 10.4 Å². The maximum absolute atomic E-state index is 14.2. The van der Waals surface area contributed by atoms with Gasteiger partial charge in [-0.05, 0) is 28.1 Å². The topological polar surface area (TPSA) is 35.5 Å². The van der Waals surface area contributed by atoms with Crippen molar-refractivity contribution >= 4 is 15.9 Å². The van der Waals surface area contributed by atoms with Gasteiger partial charge in [-0.1, -0.05) is 0 Å². The molecule has 2 rings (SSSR count). The standard InChI is InChI=1S/C13H15BrF4N2O/c14-8-1-2-9(15)10(11(8)16)12(13(17,18)7-21)20-5-3-19-4-6-20/h1-2,12,19,21H,3-7H2/t12-/m1/s1. The summed E-state index contributed by atoms with van der Waals surface area (Å²) in [6, 6.07) is 0.215. The fraction of sp³-hybridized carbons (Fsp3) is 0.538. The van der Waals surface area contributed by atoms with Gasteiger partial charge in [-0.15, -0.1) is 0 Å². The SMILES string of the molecule is OCC(F)(F)[C@@H](c1c(F)ccc(Br)c1F)N1CCNCC1. The van der Waals surface area contributed by atoms with Gasteiger partial charge in [0.15, 0.2) is 0 Å². The molecule has 1 aromatic rings. The molecule has 2 N–H and O–H groups in total. The zero-order valence-electron chi connectivity index (χ0n) is 11.1. The molecule has 1 aromatic carbocycles. The molecule has 1 heterocycles. The van der Waals surface area contributed by atoms with E-state index in [2.05, 4.69) is 21.2 Å². The molecule has 118 valence electrons. The zero-order chi connectivity index (χ0) is 15.6. The van der Waals surface area contributed by atoms with Gasteiger partial charge in [0.1, 0.15) is 24.3 Å². The summed E-state index contributed by atoms with van der Waals surface area (Å²) < 4.78 is 56.3. The van der Waals surface area contributed by atoms with Gasteiger partial charge in [0.2, 0.25) is 0 Å². The Morgan fingerprint density at radius 2 is 1.90 bits per heavy atom. The van der Waals surface area contributed by atoms with E-state index in [0.29, 0.717) is 13.1 Å². The number of nitrogens with zero attached hydrogens (tertiary/aromatic N) is 1. The Morgan fingerprint density at radius 1 is 1.29 bits per heavy atom. The van der Waals surface area contributed by atoms with Crippen LogP contribution in [0.15, 0.2) is 16.6 Å². The Labute approximate surface area is 128 Å². The largest absolute Gasteiger partial charge is 0.390 e. The average Bonchev–Trinajstić information content (AvgIpc) is 2.48. The number of nitrogens with one attached hydrogen (secondary N) is 1. The summed E-state index contributed by atoms with van der Waals surface area (Å²) >= 11 is 2.88. The molecular formula is C13H15BrF4N2O. The molecule has 0 spiro atoms. The van der Waals surface area contributed by atoms with Crippen molar-refractivity contribution in [2.24, 2.45) is 0 Å². The monoisotopic (exact) mass is 370 g/mol. The van der Waals surface area contributed by atoms with Crippen LogP contribution in [0, 0.1) is 11.6 Å². The fourth-order valence-corrected chi connectivity index (χ4v) is 2.83. The summed E-state index contributed by atoms with van der Waals surface area (Å²) in [5, 5.41) is 11.9. The molecule has 1 aliphatic rings. The lowest BCUT2D eigenvalue weighted by molar-refractivity contribution is -0.120. The quantitative estimate of drug-likeness (QED) is 0.630. The van der Waals surface area contributed by atoms with E-state index in [-0.39, 0.29) is 17.6 Å². The van der Waals surface area contributed by atoms with Crippen molar-refractivity contribution in [3.8, 4) is 0 Å². The molecule has 1 aliphatic heterocycles. The molecule has 0 aliphatic carbocycles. The number of aliphatic hydroxyl groups is 1. The van der Waals surface area contributed by atoms with E-state index >= 15 is 0 Å². The third kappa shape index (κ3) is 3.39. The molecular weight excluding hydrogens is 356 g/mol. The molecule has 3 nitrogen and oxygen atoms in total. The van der Waals surface area contributed by atoms with E-state index in [1.807, 2.05) is 0 Å². The van der Waals surface area contributed by atoms with Gasteiger partial charge in [-0.25, -0.2) is 17.6 Å². The fourth-order valence-electron chi connectivity index (χ4n) is 2.48. The van der Waals surface area contributed by atoms with Gasteiger partial charge in [-0.2, -0.15) is 0 Å². The summed E-state index contributed by atoms with van der Waals surface area (Å²) in [6.07, 6.45) is 0. The predicted molar refractivity (Wildman–Crippen MR) is 73.3 cm³/mol. The minimum Gasteiger partial charge on any atom is -0.390 e. The highest BCUT2D eigenvalue weighted by atomic mass is 79.9. The number of hydrogen-bond acceptors (Lipinski definition) is 3. The van der Waals surface area contributed by atoms with Crippen LogP contribution in [0.2, 0.25) is 0 Å². The summed E-state index contributed by atoms with van der Waals surface area (Å²) in [4.78, 5) is 1.29. The van der Waals surface area contributed by atoms with Crippen LogP contribution >= 0.6 is 15.9 Å². The smallest absolute Gasteiger partial charge is 0.290 e. The molecule has 21 heavy (non-hydrogen) atoms. The molecule has 0 unspecified atom stereocenters. The minimum absolute atomic E-state index is 0.0900. The van der Waals surface area contributed by atoms with Crippen LogP contribution in [0.1, 0.15) is 11.6 Å². The Kier molecular flexibility index (Phi) is 5.24. The second-order valence-electron chi connectivity index (χ2n) is 4.86. The van der Waals surface area contributed by atoms with Crippen molar-refractivity contribution in [2.75, 3.05) is 32.8 Å². The van der Waals surface area contributed by atoms with E-state index in [0.717, 1.165) is 12.1 Å². The Hall–Kier alpha value is -0.700. The van der Waals surface area contributed by atoms with Crippen molar-refractivity contribution in [1.82, 2.24) is 10.2 Å². The van der Waals surface area contributed by atoms with Gasteiger partial charge in [0.25, 0.3) is 5.92 Å². The number of piperazine rings is 1. The molecule has 1 atom stereocenters. The Morgan fingerprint density at radius 3 is 2.48 bits per heavy atom. The van der Waals surface area contributed by atoms with E-state index in [1.54, 1.807) is 0 Å². The normalized spacial score (nSPS) is 18.8. The van der Waals surface area contributed by atoms with Crippen LogP contribution in [0.25, 0.3) is 0 Å². The first-order chi connectivity index (χ1) is 9.88. The van der Waals surface area contributed by atoms with Crippen LogP contribution in [0.5, 0.6) is 0 Å². The number of alkyl halides is 2. The van der Waals surface area contributed by atoms with Gasteiger partial charge in [0, 0.05) is 31.7 Å². The molecule has 8 heteroatoms. The van der Waals surface area contributed by atoms with Crippen molar-refractivity contribution in [3.63, 3.8) is 0 Å². The molecule has 0 radical (unpaired) electrons. The second-order valence-corrected chi connectivity index (χ2v) is 5.72. The van der Waals surface area contributed by atoms with Crippen LogP contribution < -0.4 is 5.32 Å². The van der Waals surface area contributed by atoms with Gasteiger partial charge in [-0.3, -0.25) is 4.90 Å². The molecule has 0 bridgehead atoms. The third-order valence-corrected chi connectivity index (χ3v) is 4.09. The van der Waals surface area contributed by atoms with Crippen LogP contribution in [-0.2, 0) is 0 Å². The Balaban J connectivity index is 2.52.